The normalized spacial score (nSPS) is 11.3. The quantitative estimate of drug-likeness (QED) is 0.202. The highest BCUT2D eigenvalue weighted by Crippen LogP contribution is 2.13. The first-order valence-electron chi connectivity index (χ1n) is 10.4. The average molecular weight is 473 g/mol. The summed E-state index contributed by atoms with van der Waals surface area (Å²) in [7, 11) is 0. The third-order valence-corrected chi connectivity index (χ3v) is 5.46. The minimum absolute atomic E-state index is 0.0646. The molecule has 0 aliphatic heterocycles. The molecular formula is C22H28N6O4S. The number of nitrogens with one attached hydrogen (secondary N) is 3. The predicted octanol–water partition coefficient (Wildman–Crippen LogP) is 0.712. The van der Waals surface area contributed by atoms with E-state index < -0.39 is 11.9 Å². The number of hydrogen-bond acceptors (Lipinski definition) is 7. The van der Waals surface area contributed by atoms with Gasteiger partial charge in [-0.3, -0.25) is 24.6 Å². The van der Waals surface area contributed by atoms with E-state index in [2.05, 4.69) is 15.6 Å². The van der Waals surface area contributed by atoms with Gasteiger partial charge in [-0.15, -0.1) is 11.3 Å². The zero-order valence-corrected chi connectivity index (χ0v) is 19.4. The van der Waals surface area contributed by atoms with E-state index in [1.807, 2.05) is 6.92 Å². The van der Waals surface area contributed by atoms with Gasteiger partial charge in [-0.05, 0) is 12.0 Å². The lowest BCUT2D eigenvalue weighted by molar-refractivity contribution is -0.136. The second-order valence-electron chi connectivity index (χ2n) is 7.36. The van der Waals surface area contributed by atoms with Crippen LogP contribution in [-0.2, 0) is 20.8 Å². The van der Waals surface area contributed by atoms with Gasteiger partial charge in [0, 0.05) is 37.0 Å². The molecule has 3 amide bonds. The number of ketones is 1. The highest BCUT2D eigenvalue weighted by Gasteiger charge is 2.26. The number of thiazole rings is 1. The van der Waals surface area contributed by atoms with Gasteiger partial charge in [0.05, 0.1) is 19.1 Å². The summed E-state index contributed by atoms with van der Waals surface area (Å²) in [6.45, 7) is 3.07. The third kappa shape index (κ3) is 8.11. The number of carbonyl (C=O) groups excluding carboxylic acids is 4. The molecule has 0 aliphatic carbocycles. The molecule has 2 rings (SSSR count). The Balaban J connectivity index is 2.14. The van der Waals surface area contributed by atoms with Crippen LogP contribution in [0.3, 0.4) is 0 Å². The molecule has 1 atom stereocenters. The van der Waals surface area contributed by atoms with E-state index in [-0.39, 0.29) is 48.0 Å². The molecule has 11 heteroatoms. The Labute approximate surface area is 196 Å². The standard InChI is InChI=1S/C22H28N6O4S/c1-3-9-28(19(31)12-26-14(2)29)13-18(30)27-17(20(32)22-25-8-10-33-22)11-15-4-6-16(7-5-15)21(23)24/h4-8,10,17H,3,9,11-13H2,1-2H3,(H3,23,24)(H,26,29)(H,27,30). The van der Waals surface area contributed by atoms with Gasteiger partial charge in [-0.1, -0.05) is 31.2 Å². The van der Waals surface area contributed by atoms with Crippen LogP contribution in [0, 0.1) is 5.41 Å². The van der Waals surface area contributed by atoms with Gasteiger partial charge in [-0.25, -0.2) is 4.98 Å². The fourth-order valence-corrected chi connectivity index (χ4v) is 3.68. The molecule has 0 saturated carbocycles. The first-order chi connectivity index (χ1) is 15.7. The van der Waals surface area contributed by atoms with E-state index >= 15 is 0 Å². The summed E-state index contributed by atoms with van der Waals surface area (Å²) < 4.78 is 0. The number of nitrogen functional groups attached to an aromatic ring is 1. The van der Waals surface area contributed by atoms with Crippen LogP contribution in [0.2, 0.25) is 0 Å². The highest BCUT2D eigenvalue weighted by atomic mass is 32.1. The maximum atomic E-state index is 13.0. The summed E-state index contributed by atoms with van der Waals surface area (Å²) in [5, 5.41) is 14.6. The van der Waals surface area contributed by atoms with E-state index in [9.17, 15) is 19.2 Å². The van der Waals surface area contributed by atoms with Gasteiger partial charge < -0.3 is 21.3 Å². The number of nitrogens with zero attached hydrogens (tertiary/aromatic N) is 2. The Morgan fingerprint density at radius 3 is 2.45 bits per heavy atom. The van der Waals surface area contributed by atoms with Crippen LogP contribution in [0.4, 0.5) is 0 Å². The van der Waals surface area contributed by atoms with Gasteiger partial charge in [-0.2, -0.15) is 0 Å². The number of hydrogen-bond donors (Lipinski definition) is 4. The maximum absolute atomic E-state index is 13.0. The molecule has 1 aromatic carbocycles. The fraction of sp³-hybridized carbons (Fsp3) is 0.364. The van der Waals surface area contributed by atoms with Crippen molar-refractivity contribution in [1.82, 2.24) is 20.5 Å². The number of rotatable bonds is 12. The lowest BCUT2D eigenvalue weighted by Crippen LogP contribution is -2.49. The molecule has 10 nitrogen and oxygen atoms in total. The van der Waals surface area contributed by atoms with Crippen molar-refractivity contribution in [2.75, 3.05) is 19.6 Å². The van der Waals surface area contributed by atoms with Crippen molar-refractivity contribution in [2.45, 2.75) is 32.7 Å². The average Bonchev–Trinajstić information content (AvgIpc) is 3.31. The molecule has 33 heavy (non-hydrogen) atoms. The van der Waals surface area contributed by atoms with Gasteiger partial charge in [0.1, 0.15) is 5.84 Å². The molecule has 0 bridgehead atoms. The van der Waals surface area contributed by atoms with Crippen LogP contribution in [-0.4, -0.2) is 64.9 Å². The molecular weight excluding hydrogens is 444 g/mol. The van der Waals surface area contributed by atoms with Crippen LogP contribution in [0.15, 0.2) is 35.8 Å². The first-order valence-corrected chi connectivity index (χ1v) is 11.3. The zero-order chi connectivity index (χ0) is 24.4. The number of aromatic nitrogens is 1. The van der Waals surface area contributed by atoms with Crippen LogP contribution in [0.5, 0.6) is 0 Å². The van der Waals surface area contributed by atoms with Crippen molar-refractivity contribution in [3.8, 4) is 0 Å². The van der Waals surface area contributed by atoms with E-state index in [1.54, 1.807) is 29.6 Å². The Morgan fingerprint density at radius 1 is 1.21 bits per heavy atom. The van der Waals surface area contributed by atoms with Crippen molar-refractivity contribution in [1.29, 1.82) is 5.41 Å². The van der Waals surface area contributed by atoms with E-state index in [4.69, 9.17) is 11.1 Å². The predicted molar refractivity (Wildman–Crippen MR) is 125 cm³/mol. The van der Waals surface area contributed by atoms with Crippen molar-refractivity contribution >= 4 is 40.7 Å². The highest BCUT2D eigenvalue weighted by molar-refractivity contribution is 7.11. The van der Waals surface area contributed by atoms with E-state index in [1.165, 1.54) is 29.4 Å². The Bertz CT molecular complexity index is 991. The van der Waals surface area contributed by atoms with Crippen molar-refractivity contribution in [3.05, 3.63) is 52.0 Å². The topological polar surface area (TPSA) is 158 Å². The molecule has 1 aromatic heterocycles. The smallest absolute Gasteiger partial charge is 0.242 e. The number of amides is 3. The lowest BCUT2D eigenvalue weighted by Gasteiger charge is -2.23. The van der Waals surface area contributed by atoms with E-state index in [0.29, 0.717) is 18.5 Å². The molecule has 176 valence electrons. The second kappa shape index (κ2) is 12.4. The minimum atomic E-state index is -0.888. The molecule has 0 saturated heterocycles. The number of amidine groups is 1. The number of benzene rings is 1. The zero-order valence-electron chi connectivity index (χ0n) is 18.6. The van der Waals surface area contributed by atoms with Crippen molar-refractivity contribution in [2.24, 2.45) is 5.73 Å². The van der Waals surface area contributed by atoms with Crippen LogP contribution < -0.4 is 16.4 Å². The molecule has 1 heterocycles. The van der Waals surface area contributed by atoms with Crippen molar-refractivity contribution in [3.63, 3.8) is 0 Å². The van der Waals surface area contributed by atoms with Crippen molar-refractivity contribution < 1.29 is 19.2 Å². The molecule has 0 fully saturated rings. The largest absolute Gasteiger partial charge is 0.384 e. The Morgan fingerprint density at radius 2 is 1.91 bits per heavy atom. The van der Waals surface area contributed by atoms with Crippen LogP contribution in [0.1, 0.15) is 41.2 Å². The summed E-state index contributed by atoms with van der Waals surface area (Å²) in [4.78, 5) is 54.7. The van der Waals surface area contributed by atoms with Crippen LogP contribution >= 0.6 is 11.3 Å². The maximum Gasteiger partial charge on any atom is 0.242 e. The molecule has 2 aromatic rings. The SMILES string of the molecule is CCCN(CC(=O)NC(Cc1ccc(C(=N)N)cc1)C(=O)c1nccs1)C(=O)CNC(C)=O. The summed E-state index contributed by atoms with van der Waals surface area (Å²) in [5.41, 5.74) is 6.81. The number of nitrogens with two attached hydrogens (primary N) is 1. The summed E-state index contributed by atoms with van der Waals surface area (Å²) >= 11 is 1.18. The number of Topliss-reactive ketones (excluding diaryl/α,β-unsaturated/α-hetero) is 1. The Hall–Kier alpha value is -3.60. The Kier molecular flexibility index (Phi) is 9.67. The third-order valence-electron chi connectivity index (χ3n) is 4.67. The van der Waals surface area contributed by atoms with Crippen LogP contribution in [0.25, 0.3) is 0 Å². The molecule has 0 aliphatic rings. The monoisotopic (exact) mass is 472 g/mol. The second-order valence-corrected chi connectivity index (χ2v) is 8.26. The van der Waals surface area contributed by atoms with Gasteiger partial charge in [0.25, 0.3) is 0 Å². The summed E-state index contributed by atoms with van der Waals surface area (Å²) in [6, 6.07) is 5.94. The molecule has 0 spiro atoms. The summed E-state index contributed by atoms with van der Waals surface area (Å²) in [6.07, 6.45) is 2.35. The van der Waals surface area contributed by atoms with Gasteiger partial charge >= 0.3 is 0 Å². The molecule has 5 N–H and O–H groups in total. The number of carbonyl (C=O) groups is 4. The molecule has 0 radical (unpaired) electrons. The van der Waals surface area contributed by atoms with Gasteiger partial charge in [0.15, 0.2) is 5.01 Å². The molecule has 1 unspecified atom stereocenters. The summed E-state index contributed by atoms with van der Waals surface area (Å²) in [5.74, 6) is -1.61. The van der Waals surface area contributed by atoms with Gasteiger partial charge in [0.2, 0.25) is 23.5 Å². The minimum Gasteiger partial charge on any atom is -0.384 e. The lowest BCUT2D eigenvalue weighted by atomic mass is 10.0. The van der Waals surface area contributed by atoms with E-state index in [0.717, 1.165) is 5.56 Å². The fourth-order valence-electron chi connectivity index (χ4n) is 3.05. The first kappa shape index (κ1) is 25.7.